The number of rotatable bonds is 5. The quantitative estimate of drug-likeness (QED) is 0.826. The average Bonchev–Trinajstić information content (AvgIpc) is 2.94. The van der Waals surface area contributed by atoms with E-state index in [2.05, 4.69) is 35.1 Å². The zero-order chi connectivity index (χ0) is 11.4. The lowest BCUT2D eigenvalue weighted by molar-refractivity contribution is 0.0845. The summed E-state index contributed by atoms with van der Waals surface area (Å²) < 4.78 is 7.76. The van der Waals surface area contributed by atoms with Crippen molar-refractivity contribution in [2.45, 2.75) is 51.4 Å². The fourth-order valence-corrected chi connectivity index (χ4v) is 2.60. The Morgan fingerprint density at radius 1 is 1.50 bits per heavy atom. The van der Waals surface area contributed by atoms with Crippen LogP contribution in [0.2, 0.25) is 0 Å². The third-order valence-electron chi connectivity index (χ3n) is 3.56. The molecule has 0 aliphatic heterocycles. The normalized spacial score (nSPS) is 25.1. The van der Waals surface area contributed by atoms with Gasteiger partial charge in [-0.3, -0.25) is 0 Å². The number of aromatic nitrogens is 1. The number of aryl methyl sites for hydroxylation is 1. The predicted molar refractivity (Wildman–Crippen MR) is 65.4 cm³/mol. The zero-order valence-electron chi connectivity index (χ0n) is 10.3. The monoisotopic (exact) mass is 222 g/mol. The number of hydrogen-bond donors (Lipinski definition) is 1. The molecule has 3 heteroatoms. The van der Waals surface area contributed by atoms with Crippen LogP contribution in [0.3, 0.4) is 0 Å². The van der Waals surface area contributed by atoms with E-state index < -0.39 is 0 Å². The molecule has 1 aromatic rings. The van der Waals surface area contributed by atoms with Crippen molar-refractivity contribution in [2.75, 3.05) is 7.11 Å². The molecule has 0 saturated heterocycles. The second-order valence-corrected chi connectivity index (χ2v) is 4.48. The Hall–Kier alpha value is -0.800. The minimum Gasteiger partial charge on any atom is -0.380 e. The molecule has 1 aliphatic rings. The summed E-state index contributed by atoms with van der Waals surface area (Å²) in [5, 5.41) is 3.61. The first kappa shape index (κ1) is 11.7. The fraction of sp³-hybridized carbons (Fsp3) is 0.692. The van der Waals surface area contributed by atoms with Gasteiger partial charge in [-0.2, -0.15) is 0 Å². The Morgan fingerprint density at radius 2 is 2.38 bits per heavy atom. The number of ether oxygens (including phenoxy) is 1. The molecule has 2 atom stereocenters. The van der Waals surface area contributed by atoms with Gasteiger partial charge in [-0.25, -0.2) is 0 Å². The van der Waals surface area contributed by atoms with Crippen LogP contribution in [-0.2, 0) is 17.8 Å². The van der Waals surface area contributed by atoms with E-state index in [0.29, 0.717) is 12.1 Å². The largest absolute Gasteiger partial charge is 0.380 e. The van der Waals surface area contributed by atoms with Crippen LogP contribution in [0.5, 0.6) is 0 Å². The summed E-state index contributed by atoms with van der Waals surface area (Å²) in [6.07, 6.45) is 6.27. The molecule has 1 N–H and O–H groups in total. The molecule has 1 heterocycles. The SMILES string of the molecule is CCn1cccc1CNC1CCCC1OC. The summed E-state index contributed by atoms with van der Waals surface area (Å²) in [6, 6.07) is 4.83. The minimum absolute atomic E-state index is 0.407. The molecule has 1 aromatic heterocycles. The van der Waals surface area contributed by atoms with Crippen LogP contribution in [0.15, 0.2) is 18.3 Å². The van der Waals surface area contributed by atoms with Gasteiger partial charge >= 0.3 is 0 Å². The van der Waals surface area contributed by atoms with Crippen molar-refractivity contribution in [1.29, 1.82) is 0 Å². The maximum Gasteiger partial charge on any atom is 0.0724 e. The van der Waals surface area contributed by atoms with Crippen molar-refractivity contribution in [3.8, 4) is 0 Å². The van der Waals surface area contributed by atoms with Gasteiger partial charge in [-0.1, -0.05) is 0 Å². The molecule has 0 spiro atoms. The third kappa shape index (κ3) is 2.47. The van der Waals surface area contributed by atoms with Crippen molar-refractivity contribution in [3.05, 3.63) is 24.0 Å². The summed E-state index contributed by atoms with van der Waals surface area (Å²) in [5.74, 6) is 0. The van der Waals surface area contributed by atoms with Crippen LogP contribution >= 0.6 is 0 Å². The van der Waals surface area contributed by atoms with Crippen molar-refractivity contribution < 1.29 is 4.74 Å². The van der Waals surface area contributed by atoms with Gasteiger partial charge in [-0.05, 0) is 38.3 Å². The first-order chi connectivity index (χ1) is 7.85. The Bertz CT molecular complexity index is 321. The summed E-state index contributed by atoms with van der Waals surface area (Å²) in [7, 11) is 1.82. The molecular formula is C13H22N2O. The molecule has 0 radical (unpaired) electrons. The molecule has 16 heavy (non-hydrogen) atoms. The van der Waals surface area contributed by atoms with E-state index in [0.717, 1.165) is 13.1 Å². The van der Waals surface area contributed by atoms with Gasteiger partial charge in [0.15, 0.2) is 0 Å². The molecule has 3 nitrogen and oxygen atoms in total. The molecule has 1 saturated carbocycles. The molecule has 0 amide bonds. The highest BCUT2D eigenvalue weighted by Crippen LogP contribution is 2.21. The maximum atomic E-state index is 5.48. The molecule has 0 aromatic carbocycles. The molecule has 2 rings (SSSR count). The van der Waals surface area contributed by atoms with Gasteiger partial charge in [0.05, 0.1) is 6.10 Å². The van der Waals surface area contributed by atoms with E-state index in [1.807, 2.05) is 7.11 Å². The summed E-state index contributed by atoms with van der Waals surface area (Å²) in [6.45, 7) is 4.17. The highest BCUT2D eigenvalue weighted by Gasteiger charge is 2.26. The summed E-state index contributed by atoms with van der Waals surface area (Å²) >= 11 is 0. The summed E-state index contributed by atoms with van der Waals surface area (Å²) in [4.78, 5) is 0. The standard InChI is InChI=1S/C13H22N2O/c1-3-15-9-5-6-11(15)10-14-12-7-4-8-13(12)16-2/h5-6,9,12-14H,3-4,7-8,10H2,1-2H3. The number of nitrogens with zero attached hydrogens (tertiary/aromatic N) is 1. The highest BCUT2D eigenvalue weighted by atomic mass is 16.5. The summed E-state index contributed by atoms with van der Waals surface area (Å²) in [5.41, 5.74) is 1.37. The van der Waals surface area contributed by atoms with Crippen LogP contribution in [0, 0.1) is 0 Å². The molecule has 0 bridgehead atoms. The fourth-order valence-electron chi connectivity index (χ4n) is 2.60. The second-order valence-electron chi connectivity index (χ2n) is 4.48. The van der Waals surface area contributed by atoms with Gasteiger partial charge in [0, 0.05) is 38.1 Å². The van der Waals surface area contributed by atoms with E-state index in [-0.39, 0.29) is 0 Å². The van der Waals surface area contributed by atoms with Crippen LogP contribution in [-0.4, -0.2) is 23.8 Å². The number of methoxy groups -OCH3 is 1. The molecular weight excluding hydrogens is 200 g/mol. The lowest BCUT2D eigenvalue weighted by atomic mass is 10.2. The van der Waals surface area contributed by atoms with E-state index in [4.69, 9.17) is 4.74 Å². The maximum absolute atomic E-state index is 5.48. The molecule has 2 unspecified atom stereocenters. The zero-order valence-corrected chi connectivity index (χ0v) is 10.3. The second kappa shape index (κ2) is 5.51. The Balaban J connectivity index is 1.87. The predicted octanol–water partition coefficient (Wildman–Crippen LogP) is 2.17. The van der Waals surface area contributed by atoms with Gasteiger partial charge in [0.2, 0.25) is 0 Å². The Labute approximate surface area is 97.8 Å². The van der Waals surface area contributed by atoms with Gasteiger partial charge in [0.1, 0.15) is 0 Å². The van der Waals surface area contributed by atoms with Gasteiger partial charge in [0.25, 0.3) is 0 Å². The Morgan fingerprint density at radius 3 is 3.12 bits per heavy atom. The minimum atomic E-state index is 0.407. The van der Waals surface area contributed by atoms with Crippen molar-refractivity contribution in [2.24, 2.45) is 0 Å². The van der Waals surface area contributed by atoms with Crippen LogP contribution in [0.4, 0.5) is 0 Å². The lowest BCUT2D eigenvalue weighted by Gasteiger charge is -2.20. The van der Waals surface area contributed by atoms with Gasteiger partial charge < -0.3 is 14.6 Å². The first-order valence-electron chi connectivity index (χ1n) is 6.25. The highest BCUT2D eigenvalue weighted by molar-refractivity contribution is 5.07. The van der Waals surface area contributed by atoms with Crippen LogP contribution in [0.25, 0.3) is 0 Å². The van der Waals surface area contributed by atoms with E-state index in [1.165, 1.54) is 25.0 Å². The van der Waals surface area contributed by atoms with E-state index in [1.54, 1.807) is 0 Å². The topological polar surface area (TPSA) is 26.2 Å². The van der Waals surface area contributed by atoms with Crippen molar-refractivity contribution in [1.82, 2.24) is 9.88 Å². The van der Waals surface area contributed by atoms with Crippen LogP contribution in [0.1, 0.15) is 31.9 Å². The van der Waals surface area contributed by atoms with Crippen molar-refractivity contribution >= 4 is 0 Å². The Kier molecular flexibility index (Phi) is 4.02. The lowest BCUT2D eigenvalue weighted by Crippen LogP contribution is -2.36. The van der Waals surface area contributed by atoms with Crippen LogP contribution < -0.4 is 5.32 Å². The number of hydrogen-bond acceptors (Lipinski definition) is 2. The molecule has 90 valence electrons. The van der Waals surface area contributed by atoms with E-state index >= 15 is 0 Å². The first-order valence-corrected chi connectivity index (χ1v) is 6.25. The average molecular weight is 222 g/mol. The number of nitrogens with one attached hydrogen (secondary N) is 1. The van der Waals surface area contributed by atoms with Gasteiger partial charge in [-0.15, -0.1) is 0 Å². The van der Waals surface area contributed by atoms with E-state index in [9.17, 15) is 0 Å². The third-order valence-corrected chi connectivity index (χ3v) is 3.56. The molecule has 1 fully saturated rings. The smallest absolute Gasteiger partial charge is 0.0724 e. The van der Waals surface area contributed by atoms with Crippen molar-refractivity contribution in [3.63, 3.8) is 0 Å². The molecule has 1 aliphatic carbocycles.